The second-order valence-corrected chi connectivity index (χ2v) is 4.52. The van der Waals surface area contributed by atoms with Crippen molar-refractivity contribution < 1.29 is 4.79 Å². The largest absolute Gasteiger partial charge is 0.378 e. The normalized spacial score (nSPS) is 10.1. The minimum Gasteiger partial charge on any atom is -0.378 e. The smallest absolute Gasteiger partial charge is 0.224 e. The number of carbonyl (C=O) groups excluding carboxylic acids is 1. The molecule has 0 radical (unpaired) electrons. The number of hydrogen-bond acceptors (Lipinski definition) is 2. The summed E-state index contributed by atoms with van der Waals surface area (Å²) >= 11 is 5.56. The molecular formula is C13H19ClN2O. The summed E-state index contributed by atoms with van der Waals surface area (Å²) < 4.78 is 0. The van der Waals surface area contributed by atoms with Crippen molar-refractivity contribution in [3.63, 3.8) is 0 Å². The highest BCUT2D eigenvalue weighted by Crippen LogP contribution is 2.17. The lowest BCUT2D eigenvalue weighted by molar-refractivity contribution is -0.116. The van der Waals surface area contributed by atoms with E-state index in [1.54, 1.807) is 0 Å². The lowest BCUT2D eigenvalue weighted by Crippen LogP contribution is -2.13. The number of rotatable bonds is 6. The highest BCUT2D eigenvalue weighted by atomic mass is 35.5. The van der Waals surface area contributed by atoms with Crippen LogP contribution in [0.3, 0.4) is 0 Å². The quantitative estimate of drug-likeness (QED) is 0.625. The van der Waals surface area contributed by atoms with Crippen molar-refractivity contribution in [2.24, 2.45) is 0 Å². The van der Waals surface area contributed by atoms with Crippen LogP contribution in [0.5, 0.6) is 0 Å². The van der Waals surface area contributed by atoms with Crippen molar-refractivity contribution >= 4 is 28.9 Å². The number of nitrogens with zero attached hydrogens (tertiary/aromatic N) is 1. The summed E-state index contributed by atoms with van der Waals surface area (Å²) in [5, 5.41) is 2.89. The van der Waals surface area contributed by atoms with Gasteiger partial charge in [0.15, 0.2) is 0 Å². The molecule has 0 spiro atoms. The molecule has 1 N–H and O–H groups in total. The number of benzene rings is 1. The maximum Gasteiger partial charge on any atom is 0.224 e. The molecule has 1 amide bonds. The summed E-state index contributed by atoms with van der Waals surface area (Å²) in [5.74, 6) is 0.662. The van der Waals surface area contributed by atoms with Crippen molar-refractivity contribution in [2.45, 2.75) is 19.3 Å². The molecule has 0 saturated heterocycles. The molecule has 1 rings (SSSR count). The highest BCUT2D eigenvalue weighted by Gasteiger charge is 2.03. The first-order valence-electron chi connectivity index (χ1n) is 5.76. The second kappa shape index (κ2) is 7.17. The number of alkyl halides is 1. The first-order chi connectivity index (χ1) is 8.13. The zero-order chi connectivity index (χ0) is 12.7. The third-order valence-electron chi connectivity index (χ3n) is 2.43. The van der Waals surface area contributed by atoms with Gasteiger partial charge in [-0.25, -0.2) is 0 Å². The lowest BCUT2D eigenvalue weighted by atomic mass is 10.2. The van der Waals surface area contributed by atoms with Gasteiger partial charge in [0.1, 0.15) is 0 Å². The molecule has 0 fully saturated rings. The average Bonchev–Trinajstić information content (AvgIpc) is 2.29. The van der Waals surface area contributed by atoms with Crippen LogP contribution in [0.2, 0.25) is 0 Å². The summed E-state index contributed by atoms with van der Waals surface area (Å²) in [5.41, 5.74) is 1.91. The van der Waals surface area contributed by atoms with E-state index < -0.39 is 0 Å². The SMILES string of the molecule is CN(C)c1cccc(NC(=O)CCCCCl)c1. The highest BCUT2D eigenvalue weighted by molar-refractivity contribution is 6.17. The molecule has 17 heavy (non-hydrogen) atoms. The van der Waals surface area contributed by atoms with Gasteiger partial charge < -0.3 is 10.2 Å². The fraction of sp³-hybridized carbons (Fsp3) is 0.462. The van der Waals surface area contributed by atoms with Gasteiger partial charge in [0, 0.05) is 37.8 Å². The van der Waals surface area contributed by atoms with Crippen molar-refractivity contribution in [1.29, 1.82) is 0 Å². The van der Waals surface area contributed by atoms with E-state index in [0.717, 1.165) is 24.2 Å². The van der Waals surface area contributed by atoms with Crippen LogP contribution in [0, 0.1) is 0 Å². The molecule has 0 unspecified atom stereocenters. The second-order valence-electron chi connectivity index (χ2n) is 4.14. The Hall–Kier alpha value is -1.22. The van der Waals surface area contributed by atoms with E-state index in [1.165, 1.54) is 0 Å². The van der Waals surface area contributed by atoms with Crippen LogP contribution < -0.4 is 10.2 Å². The van der Waals surface area contributed by atoms with Gasteiger partial charge in [0.05, 0.1) is 0 Å². The van der Waals surface area contributed by atoms with Crippen LogP contribution in [0.4, 0.5) is 11.4 Å². The Balaban J connectivity index is 2.50. The molecule has 4 heteroatoms. The van der Waals surface area contributed by atoms with E-state index in [-0.39, 0.29) is 5.91 Å². The van der Waals surface area contributed by atoms with Crippen molar-refractivity contribution in [3.05, 3.63) is 24.3 Å². The Bertz CT molecular complexity index is 366. The molecular weight excluding hydrogens is 236 g/mol. The molecule has 0 aromatic heterocycles. The van der Waals surface area contributed by atoms with Crippen molar-refractivity contribution in [3.8, 4) is 0 Å². The molecule has 0 bridgehead atoms. The van der Waals surface area contributed by atoms with Crippen LogP contribution >= 0.6 is 11.6 Å². The standard InChI is InChI=1S/C13H19ClN2O/c1-16(2)12-7-5-6-11(10-12)15-13(17)8-3-4-9-14/h5-7,10H,3-4,8-9H2,1-2H3,(H,15,17). The lowest BCUT2D eigenvalue weighted by Gasteiger charge is -2.14. The molecule has 0 heterocycles. The maximum absolute atomic E-state index is 11.6. The van der Waals surface area contributed by atoms with E-state index >= 15 is 0 Å². The van der Waals surface area contributed by atoms with Gasteiger partial charge in [0.25, 0.3) is 0 Å². The van der Waals surface area contributed by atoms with Crippen molar-refractivity contribution in [2.75, 3.05) is 30.2 Å². The fourth-order valence-electron chi connectivity index (χ4n) is 1.47. The minimum atomic E-state index is 0.0472. The van der Waals surface area contributed by atoms with Gasteiger partial charge in [-0.05, 0) is 31.0 Å². The van der Waals surface area contributed by atoms with E-state index in [1.807, 2.05) is 43.3 Å². The van der Waals surface area contributed by atoms with Gasteiger partial charge in [0.2, 0.25) is 5.91 Å². The Kier molecular flexibility index (Phi) is 5.84. The predicted octanol–water partition coefficient (Wildman–Crippen LogP) is 3.10. The maximum atomic E-state index is 11.6. The Labute approximate surface area is 108 Å². The number of amides is 1. The van der Waals surface area contributed by atoms with Crippen LogP contribution in [-0.2, 0) is 4.79 Å². The first-order valence-corrected chi connectivity index (χ1v) is 6.30. The Morgan fingerprint density at radius 1 is 1.35 bits per heavy atom. The van der Waals surface area contributed by atoms with Crippen LogP contribution in [0.1, 0.15) is 19.3 Å². The predicted molar refractivity (Wildman–Crippen MR) is 74.0 cm³/mol. The van der Waals surface area contributed by atoms with Gasteiger partial charge in [-0.1, -0.05) is 6.07 Å². The van der Waals surface area contributed by atoms with Gasteiger partial charge in [-0.2, -0.15) is 0 Å². The summed E-state index contributed by atoms with van der Waals surface area (Å²) in [6.07, 6.45) is 2.24. The van der Waals surface area contributed by atoms with E-state index in [0.29, 0.717) is 12.3 Å². The third-order valence-corrected chi connectivity index (χ3v) is 2.70. The number of unbranched alkanes of at least 4 members (excludes halogenated alkanes) is 1. The monoisotopic (exact) mass is 254 g/mol. The molecule has 0 saturated carbocycles. The number of nitrogens with one attached hydrogen (secondary N) is 1. The zero-order valence-corrected chi connectivity index (χ0v) is 11.1. The van der Waals surface area contributed by atoms with E-state index in [9.17, 15) is 4.79 Å². The topological polar surface area (TPSA) is 32.3 Å². The Morgan fingerprint density at radius 2 is 2.12 bits per heavy atom. The van der Waals surface area contributed by atoms with Crippen molar-refractivity contribution in [1.82, 2.24) is 0 Å². The molecule has 94 valence electrons. The minimum absolute atomic E-state index is 0.0472. The van der Waals surface area contributed by atoms with Crippen LogP contribution in [-0.4, -0.2) is 25.9 Å². The summed E-state index contributed by atoms with van der Waals surface area (Å²) in [4.78, 5) is 13.6. The number of halogens is 1. The molecule has 3 nitrogen and oxygen atoms in total. The van der Waals surface area contributed by atoms with Gasteiger partial charge >= 0.3 is 0 Å². The summed E-state index contributed by atoms with van der Waals surface area (Å²) in [6.45, 7) is 0. The molecule has 0 aliphatic carbocycles. The Morgan fingerprint density at radius 3 is 2.76 bits per heavy atom. The molecule has 1 aromatic carbocycles. The number of carbonyl (C=O) groups is 1. The first kappa shape index (κ1) is 13.8. The summed E-state index contributed by atoms with van der Waals surface area (Å²) in [7, 11) is 3.95. The molecule has 0 aliphatic rings. The van der Waals surface area contributed by atoms with Crippen LogP contribution in [0.15, 0.2) is 24.3 Å². The molecule has 0 atom stereocenters. The van der Waals surface area contributed by atoms with E-state index in [2.05, 4.69) is 5.32 Å². The molecule has 0 aliphatic heterocycles. The van der Waals surface area contributed by atoms with Crippen LogP contribution in [0.25, 0.3) is 0 Å². The summed E-state index contributed by atoms with van der Waals surface area (Å²) in [6, 6.07) is 7.79. The third kappa shape index (κ3) is 5.09. The number of hydrogen-bond donors (Lipinski definition) is 1. The fourth-order valence-corrected chi connectivity index (χ4v) is 1.65. The van der Waals surface area contributed by atoms with E-state index in [4.69, 9.17) is 11.6 Å². The average molecular weight is 255 g/mol. The van der Waals surface area contributed by atoms with Gasteiger partial charge in [-0.3, -0.25) is 4.79 Å². The zero-order valence-electron chi connectivity index (χ0n) is 10.4. The molecule has 1 aromatic rings. The number of anilines is 2. The van der Waals surface area contributed by atoms with Gasteiger partial charge in [-0.15, -0.1) is 11.6 Å².